The van der Waals surface area contributed by atoms with Crippen LogP contribution in [0.3, 0.4) is 0 Å². The van der Waals surface area contributed by atoms with Crippen molar-refractivity contribution in [3.63, 3.8) is 0 Å². The number of nitrogens with one attached hydrogen (secondary N) is 1. The van der Waals surface area contributed by atoms with E-state index in [9.17, 15) is 0 Å². The van der Waals surface area contributed by atoms with Crippen molar-refractivity contribution in [1.29, 1.82) is 0 Å². The molecule has 3 N–H and O–H groups in total. The van der Waals surface area contributed by atoms with Gasteiger partial charge in [-0.2, -0.15) is 0 Å². The molecule has 0 aliphatic rings. The average Bonchev–Trinajstić information content (AvgIpc) is 2.59. The van der Waals surface area contributed by atoms with Crippen LogP contribution in [-0.4, -0.2) is 11.5 Å². The Labute approximate surface area is 91.6 Å². The molecule has 1 aromatic heterocycles. The zero-order valence-corrected chi connectivity index (χ0v) is 9.47. The van der Waals surface area contributed by atoms with Crippen molar-refractivity contribution in [1.82, 2.24) is 4.98 Å². The summed E-state index contributed by atoms with van der Waals surface area (Å²) in [6, 6.07) is 6.20. The summed E-state index contributed by atoms with van der Waals surface area (Å²) in [4.78, 5) is 3.27. The molecule has 2 nitrogen and oxygen atoms in total. The molecule has 0 spiro atoms. The summed E-state index contributed by atoms with van der Waals surface area (Å²) in [6.45, 7) is 0.747. The Hall–Kier alpha value is -0.800. The molecule has 0 fully saturated rings. The fourth-order valence-corrected chi connectivity index (χ4v) is 2.32. The Bertz CT molecular complexity index is 434. The second-order valence-corrected chi connectivity index (χ2v) is 4.22. The van der Waals surface area contributed by atoms with E-state index in [0.29, 0.717) is 0 Å². The molecular weight excluding hydrogens is 240 g/mol. The summed E-state index contributed by atoms with van der Waals surface area (Å²) in [5.74, 6) is 0. The number of aromatic nitrogens is 1. The Kier molecular flexibility index (Phi) is 2.89. The van der Waals surface area contributed by atoms with Crippen LogP contribution in [0.4, 0.5) is 0 Å². The number of benzene rings is 1. The minimum Gasteiger partial charge on any atom is -0.361 e. The molecule has 1 heterocycles. The Balaban J connectivity index is 2.45. The lowest BCUT2D eigenvalue weighted by Crippen LogP contribution is -1.99. The second-order valence-electron chi connectivity index (χ2n) is 3.37. The van der Waals surface area contributed by atoms with Gasteiger partial charge in [0, 0.05) is 21.6 Å². The number of nitrogens with two attached hydrogens (primary N) is 1. The monoisotopic (exact) mass is 252 g/mol. The summed E-state index contributed by atoms with van der Waals surface area (Å²) in [7, 11) is 0. The van der Waals surface area contributed by atoms with Crippen LogP contribution in [0.5, 0.6) is 0 Å². The number of hydrogen-bond donors (Lipinski definition) is 2. The van der Waals surface area contributed by atoms with Gasteiger partial charge in [-0.25, -0.2) is 0 Å². The molecule has 1 aromatic carbocycles. The van der Waals surface area contributed by atoms with Crippen LogP contribution >= 0.6 is 15.9 Å². The Morgan fingerprint density at radius 2 is 2.21 bits per heavy atom. The van der Waals surface area contributed by atoms with E-state index in [1.165, 1.54) is 16.5 Å². The summed E-state index contributed by atoms with van der Waals surface area (Å²) in [5, 5.41) is 1.29. The molecule has 0 aliphatic carbocycles. The topological polar surface area (TPSA) is 41.8 Å². The lowest BCUT2D eigenvalue weighted by molar-refractivity contribution is 0.837. The van der Waals surface area contributed by atoms with E-state index in [-0.39, 0.29) is 0 Å². The van der Waals surface area contributed by atoms with Crippen LogP contribution in [0, 0.1) is 0 Å². The zero-order valence-electron chi connectivity index (χ0n) is 7.89. The molecular formula is C11H13BrN2. The molecule has 0 aliphatic heterocycles. The van der Waals surface area contributed by atoms with Crippen molar-refractivity contribution in [2.24, 2.45) is 5.73 Å². The van der Waals surface area contributed by atoms with E-state index < -0.39 is 0 Å². The van der Waals surface area contributed by atoms with Gasteiger partial charge in [0.2, 0.25) is 0 Å². The van der Waals surface area contributed by atoms with E-state index in [1.54, 1.807) is 0 Å². The molecule has 3 heteroatoms. The van der Waals surface area contributed by atoms with Crippen LogP contribution in [-0.2, 0) is 6.42 Å². The summed E-state index contributed by atoms with van der Waals surface area (Å²) in [5.41, 5.74) is 8.04. The van der Waals surface area contributed by atoms with Crippen molar-refractivity contribution in [2.75, 3.05) is 6.54 Å². The molecule has 14 heavy (non-hydrogen) atoms. The van der Waals surface area contributed by atoms with E-state index in [0.717, 1.165) is 23.9 Å². The largest absolute Gasteiger partial charge is 0.361 e. The molecule has 2 aromatic rings. The number of halogens is 1. The van der Waals surface area contributed by atoms with Crippen molar-refractivity contribution in [2.45, 2.75) is 12.8 Å². The maximum Gasteiger partial charge on any atom is 0.0468 e. The van der Waals surface area contributed by atoms with Crippen LogP contribution in [0.25, 0.3) is 10.9 Å². The number of rotatable bonds is 3. The first-order chi connectivity index (χ1) is 6.83. The van der Waals surface area contributed by atoms with Gasteiger partial charge < -0.3 is 10.7 Å². The SMILES string of the molecule is NCCCc1c[nH]c2cccc(Br)c12. The molecule has 0 radical (unpaired) electrons. The standard InChI is InChI=1S/C11H13BrN2/c12-9-4-1-5-10-11(9)8(7-14-10)3-2-6-13/h1,4-5,7,14H,2-3,6,13H2. The van der Waals surface area contributed by atoms with Crippen LogP contribution in [0.15, 0.2) is 28.9 Å². The molecule has 0 unspecified atom stereocenters. The minimum atomic E-state index is 0.747. The smallest absolute Gasteiger partial charge is 0.0468 e. The molecule has 0 bridgehead atoms. The highest BCUT2D eigenvalue weighted by Crippen LogP contribution is 2.27. The van der Waals surface area contributed by atoms with Gasteiger partial charge in [0.05, 0.1) is 0 Å². The summed E-state index contributed by atoms with van der Waals surface area (Å²) >= 11 is 3.57. The second kappa shape index (κ2) is 4.15. The molecule has 0 saturated carbocycles. The third-order valence-corrected chi connectivity index (χ3v) is 3.05. The number of aromatic amines is 1. The minimum absolute atomic E-state index is 0.747. The first-order valence-electron chi connectivity index (χ1n) is 4.77. The summed E-state index contributed by atoms with van der Waals surface area (Å²) < 4.78 is 1.16. The Morgan fingerprint density at radius 3 is 3.00 bits per heavy atom. The van der Waals surface area contributed by atoms with E-state index in [2.05, 4.69) is 39.2 Å². The molecule has 0 atom stereocenters. The van der Waals surface area contributed by atoms with Crippen LogP contribution in [0.1, 0.15) is 12.0 Å². The van der Waals surface area contributed by atoms with Crippen LogP contribution in [0.2, 0.25) is 0 Å². The normalized spacial score (nSPS) is 11.0. The van der Waals surface area contributed by atoms with Gasteiger partial charge in [-0.05, 0) is 37.1 Å². The van der Waals surface area contributed by atoms with E-state index in [4.69, 9.17) is 5.73 Å². The Morgan fingerprint density at radius 1 is 1.36 bits per heavy atom. The molecule has 0 amide bonds. The van der Waals surface area contributed by atoms with Crippen molar-refractivity contribution < 1.29 is 0 Å². The van der Waals surface area contributed by atoms with E-state index >= 15 is 0 Å². The maximum atomic E-state index is 5.51. The lowest BCUT2D eigenvalue weighted by atomic mass is 10.1. The van der Waals surface area contributed by atoms with Gasteiger partial charge in [-0.15, -0.1) is 0 Å². The van der Waals surface area contributed by atoms with Gasteiger partial charge in [0.15, 0.2) is 0 Å². The van der Waals surface area contributed by atoms with Crippen molar-refractivity contribution in [3.05, 3.63) is 34.4 Å². The molecule has 0 saturated heterocycles. The predicted octanol–water partition coefficient (Wildman–Crippen LogP) is 2.82. The highest BCUT2D eigenvalue weighted by atomic mass is 79.9. The van der Waals surface area contributed by atoms with E-state index in [1.807, 2.05) is 6.07 Å². The van der Waals surface area contributed by atoms with Gasteiger partial charge >= 0.3 is 0 Å². The highest BCUT2D eigenvalue weighted by molar-refractivity contribution is 9.10. The summed E-state index contributed by atoms with van der Waals surface area (Å²) in [6.07, 6.45) is 4.15. The number of H-pyrrole nitrogens is 1. The van der Waals surface area contributed by atoms with Crippen molar-refractivity contribution in [3.8, 4) is 0 Å². The number of hydrogen-bond acceptors (Lipinski definition) is 1. The fraction of sp³-hybridized carbons (Fsp3) is 0.273. The average molecular weight is 253 g/mol. The third kappa shape index (κ3) is 1.70. The maximum absolute atomic E-state index is 5.51. The van der Waals surface area contributed by atoms with Crippen LogP contribution < -0.4 is 5.73 Å². The molecule has 2 rings (SSSR count). The first-order valence-corrected chi connectivity index (χ1v) is 5.57. The van der Waals surface area contributed by atoms with Gasteiger partial charge in [-0.1, -0.05) is 22.0 Å². The quantitative estimate of drug-likeness (QED) is 0.867. The lowest BCUT2D eigenvalue weighted by Gasteiger charge is -1.99. The molecule has 74 valence electrons. The van der Waals surface area contributed by atoms with Gasteiger partial charge in [-0.3, -0.25) is 0 Å². The third-order valence-electron chi connectivity index (χ3n) is 2.39. The fourth-order valence-electron chi connectivity index (χ4n) is 1.70. The first kappa shape index (κ1) is 9.74. The zero-order chi connectivity index (χ0) is 9.97. The predicted molar refractivity (Wildman–Crippen MR) is 63.4 cm³/mol. The number of fused-ring (bicyclic) bond motifs is 1. The van der Waals surface area contributed by atoms with Gasteiger partial charge in [0.1, 0.15) is 0 Å². The highest BCUT2D eigenvalue weighted by Gasteiger charge is 2.05. The van der Waals surface area contributed by atoms with Gasteiger partial charge in [0.25, 0.3) is 0 Å². The van der Waals surface area contributed by atoms with Crippen molar-refractivity contribution >= 4 is 26.8 Å². The number of aryl methyl sites for hydroxylation is 1.